The van der Waals surface area contributed by atoms with Gasteiger partial charge in [0.15, 0.2) is 0 Å². The fourth-order valence-corrected chi connectivity index (χ4v) is 2.46. The quantitative estimate of drug-likeness (QED) is 0.723. The van der Waals surface area contributed by atoms with E-state index in [4.69, 9.17) is 0 Å². The van der Waals surface area contributed by atoms with Crippen molar-refractivity contribution in [1.29, 1.82) is 0 Å². The zero-order chi connectivity index (χ0) is 15.0. The topological polar surface area (TPSA) is 35.5 Å². The molecule has 1 aromatic rings. The molecule has 2 unspecified atom stereocenters. The van der Waals surface area contributed by atoms with Crippen LogP contribution in [-0.4, -0.2) is 42.8 Å². The number of nitrogens with one attached hydrogen (secondary N) is 1. The van der Waals surface area contributed by atoms with E-state index < -0.39 is 0 Å². The standard InChI is InChI=1S/C16H27BrN2O/c1-4-18-16(14-5-7-15(17)8-6-14)10-12-19(3)11-9-13(2)20/h5-8,13,16,18,20H,4,9-12H2,1-3H3. The Labute approximate surface area is 131 Å². The second-order valence-corrected chi connectivity index (χ2v) is 6.31. The molecule has 2 atom stereocenters. The number of aliphatic hydroxyl groups excluding tert-OH is 1. The van der Waals surface area contributed by atoms with Crippen LogP contribution in [0.1, 0.15) is 38.3 Å². The molecule has 0 aliphatic heterocycles. The van der Waals surface area contributed by atoms with Gasteiger partial charge in [0.1, 0.15) is 0 Å². The highest BCUT2D eigenvalue weighted by Gasteiger charge is 2.11. The van der Waals surface area contributed by atoms with Crippen LogP contribution in [0.4, 0.5) is 0 Å². The summed E-state index contributed by atoms with van der Waals surface area (Å²) < 4.78 is 1.12. The van der Waals surface area contributed by atoms with Crippen LogP contribution in [0.15, 0.2) is 28.7 Å². The van der Waals surface area contributed by atoms with Gasteiger partial charge in [-0.25, -0.2) is 0 Å². The zero-order valence-corrected chi connectivity index (χ0v) is 14.4. The first-order valence-corrected chi connectivity index (χ1v) is 8.17. The van der Waals surface area contributed by atoms with E-state index in [9.17, 15) is 5.11 Å². The number of benzene rings is 1. The maximum absolute atomic E-state index is 9.32. The van der Waals surface area contributed by atoms with Crippen molar-refractivity contribution in [3.05, 3.63) is 34.3 Å². The minimum absolute atomic E-state index is 0.214. The predicted molar refractivity (Wildman–Crippen MR) is 89.0 cm³/mol. The summed E-state index contributed by atoms with van der Waals surface area (Å²) in [6.45, 7) is 6.93. The lowest BCUT2D eigenvalue weighted by atomic mass is 10.0. The summed E-state index contributed by atoms with van der Waals surface area (Å²) in [7, 11) is 2.12. The predicted octanol–water partition coefficient (Wildman–Crippen LogP) is 3.19. The van der Waals surface area contributed by atoms with E-state index in [2.05, 4.69) is 64.4 Å². The maximum atomic E-state index is 9.32. The SMILES string of the molecule is CCNC(CCN(C)CCC(C)O)c1ccc(Br)cc1. The minimum Gasteiger partial charge on any atom is -0.393 e. The number of halogens is 1. The summed E-state index contributed by atoms with van der Waals surface area (Å²) >= 11 is 3.48. The van der Waals surface area contributed by atoms with Crippen LogP contribution in [0.25, 0.3) is 0 Å². The summed E-state index contributed by atoms with van der Waals surface area (Å²) in [6.07, 6.45) is 1.69. The van der Waals surface area contributed by atoms with Crippen LogP contribution in [-0.2, 0) is 0 Å². The number of rotatable bonds is 9. The van der Waals surface area contributed by atoms with Gasteiger partial charge in [-0.05, 0) is 57.6 Å². The summed E-state index contributed by atoms with van der Waals surface area (Å²) in [5.41, 5.74) is 1.33. The third-order valence-corrected chi connectivity index (χ3v) is 3.98. The molecule has 4 heteroatoms. The summed E-state index contributed by atoms with van der Waals surface area (Å²) in [4.78, 5) is 2.29. The molecule has 1 rings (SSSR count). The summed E-state index contributed by atoms with van der Waals surface area (Å²) in [5.74, 6) is 0. The largest absolute Gasteiger partial charge is 0.393 e. The van der Waals surface area contributed by atoms with Gasteiger partial charge in [0, 0.05) is 17.1 Å². The molecule has 0 saturated carbocycles. The molecule has 0 saturated heterocycles. The van der Waals surface area contributed by atoms with Crippen molar-refractivity contribution >= 4 is 15.9 Å². The van der Waals surface area contributed by atoms with Crippen LogP contribution < -0.4 is 5.32 Å². The summed E-state index contributed by atoms with van der Waals surface area (Å²) in [5, 5.41) is 12.9. The third kappa shape index (κ3) is 6.84. The minimum atomic E-state index is -0.214. The van der Waals surface area contributed by atoms with Gasteiger partial charge in [-0.1, -0.05) is 35.0 Å². The molecular weight excluding hydrogens is 316 g/mol. The average Bonchev–Trinajstić information content (AvgIpc) is 2.42. The molecule has 0 aliphatic carbocycles. The molecule has 0 aliphatic rings. The molecular formula is C16H27BrN2O. The van der Waals surface area contributed by atoms with Crippen molar-refractivity contribution in [2.45, 2.75) is 38.8 Å². The third-order valence-electron chi connectivity index (χ3n) is 3.45. The van der Waals surface area contributed by atoms with Crippen LogP contribution in [0.5, 0.6) is 0 Å². The molecule has 0 amide bonds. The molecule has 20 heavy (non-hydrogen) atoms. The molecule has 0 spiro atoms. The van der Waals surface area contributed by atoms with Gasteiger partial charge in [-0.15, -0.1) is 0 Å². The number of hydrogen-bond donors (Lipinski definition) is 2. The molecule has 0 bridgehead atoms. The Morgan fingerprint density at radius 3 is 2.35 bits per heavy atom. The Bertz CT molecular complexity index is 367. The van der Waals surface area contributed by atoms with Gasteiger partial charge in [0.2, 0.25) is 0 Å². The Morgan fingerprint density at radius 1 is 1.20 bits per heavy atom. The van der Waals surface area contributed by atoms with Gasteiger partial charge in [0.05, 0.1) is 6.10 Å². The monoisotopic (exact) mass is 342 g/mol. The first-order valence-electron chi connectivity index (χ1n) is 7.38. The van der Waals surface area contributed by atoms with E-state index in [0.717, 1.165) is 36.9 Å². The van der Waals surface area contributed by atoms with E-state index in [-0.39, 0.29) is 6.10 Å². The fraction of sp³-hybridized carbons (Fsp3) is 0.625. The molecule has 0 heterocycles. The average molecular weight is 343 g/mol. The van der Waals surface area contributed by atoms with Crippen LogP contribution >= 0.6 is 15.9 Å². The van der Waals surface area contributed by atoms with Gasteiger partial charge in [-0.3, -0.25) is 0 Å². The van der Waals surface area contributed by atoms with Crippen LogP contribution in [0.2, 0.25) is 0 Å². The van der Waals surface area contributed by atoms with E-state index in [1.165, 1.54) is 5.56 Å². The van der Waals surface area contributed by atoms with E-state index in [0.29, 0.717) is 6.04 Å². The Balaban J connectivity index is 2.48. The van der Waals surface area contributed by atoms with Crippen molar-refractivity contribution in [1.82, 2.24) is 10.2 Å². The second kappa shape index (κ2) is 9.50. The normalized spacial score (nSPS) is 14.5. The molecule has 114 valence electrons. The first kappa shape index (κ1) is 17.6. The Hall–Kier alpha value is -0.420. The fourth-order valence-electron chi connectivity index (χ4n) is 2.20. The molecule has 0 aromatic heterocycles. The second-order valence-electron chi connectivity index (χ2n) is 5.39. The van der Waals surface area contributed by atoms with Crippen molar-refractivity contribution in [3.63, 3.8) is 0 Å². The highest BCUT2D eigenvalue weighted by molar-refractivity contribution is 9.10. The lowest BCUT2D eigenvalue weighted by Gasteiger charge is -2.23. The van der Waals surface area contributed by atoms with Gasteiger partial charge >= 0.3 is 0 Å². The lowest BCUT2D eigenvalue weighted by Crippen LogP contribution is -2.28. The Morgan fingerprint density at radius 2 is 1.80 bits per heavy atom. The van der Waals surface area contributed by atoms with Gasteiger partial charge in [0.25, 0.3) is 0 Å². The summed E-state index contributed by atoms with van der Waals surface area (Å²) in [6, 6.07) is 8.93. The molecule has 0 radical (unpaired) electrons. The number of hydrogen-bond acceptors (Lipinski definition) is 3. The van der Waals surface area contributed by atoms with Crippen molar-refractivity contribution in [3.8, 4) is 0 Å². The number of nitrogens with zero attached hydrogens (tertiary/aromatic N) is 1. The van der Waals surface area contributed by atoms with E-state index in [1.54, 1.807) is 0 Å². The van der Waals surface area contributed by atoms with Gasteiger partial charge < -0.3 is 15.3 Å². The molecule has 1 aromatic carbocycles. The first-order chi connectivity index (χ1) is 9.52. The van der Waals surface area contributed by atoms with Crippen LogP contribution in [0, 0.1) is 0 Å². The smallest absolute Gasteiger partial charge is 0.0524 e. The highest BCUT2D eigenvalue weighted by atomic mass is 79.9. The molecule has 0 fully saturated rings. The Kier molecular flexibility index (Phi) is 8.38. The van der Waals surface area contributed by atoms with Crippen molar-refractivity contribution in [2.24, 2.45) is 0 Å². The van der Waals surface area contributed by atoms with Gasteiger partial charge in [-0.2, -0.15) is 0 Å². The highest BCUT2D eigenvalue weighted by Crippen LogP contribution is 2.20. The molecule has 2 N–H and O–H groups in total. The number of aliphatic hydroxyl groups is 1. The maximum Gasteiger partial charge on any atom is 0.0524 e. The lowest BCUT2D eigenvalue weighted by molar-refractivity contribution is 0.163. The zero-order valence-electron chi connectivity index (χ0n) is 12.8. The molecule has 3 nitrogen and oxygen atoms in total. The van der Waals surface area contributed by atoms with Crippen molar-refractivity contribution in [2.75, 3.05) is 26.7 Å². The van der Waals surface area contributed by atoms with E-state index in [1.807, 2.05) is 6.92 Å². The van der Waals surface area contributed by atoms with Crippen LogP contribution in [0.3, 0.4) is 0 Å². The van der Waals surface area contributed by atoms with Crippen molar-refractivity contribution < 1.29 is 5.11 Å². The van der Waals surface area contributed by atoms with E-state index >= 15 is 0 Å².